The molecule has 0 radical (unpaired) electrons. The van der Waals surface area contributed by atoms with Gasteiger partial charge in [0.15, 0.2) is 0 Å². The molecule has 2 unspecified atom stereocenters. The van der Waals surface area contributed by atoms with E-state index in [-0.39, 0.29) is 17.4 Å². The number of hydrogen-bond donors (Lipinski definition) is 1. The third kappa shape index (κ3) is 2.27. The van der Waals surface area contributed by atoms with Crippen LogP contribution in [0, 0.1) is 5.82 Å². The van der Waals surface area contributed by atoms with E-state index in [9.17, 15) is 4.39 Å². The lowest BCUT2D eigenvalue weighted by Crippen LogP contribution is -2.52. The summed E-state index contributed by atoms with van der Waals surface area (Å²) in [5, 5.41) is 0. The van der Waals surface area contributed by atoms with Crippen LogP contribution in [0.2, 0.25) is 0 Å². The van der Waals surface area contributed by atoms with Gasteiger partial charge in [-0.15, -0.1) is 0 Å². The lowest BCUT2D eigenvalue weighted by Gasteiger charge is -2.43. The Hall–Kier alpha value is -1.00. The van der Waals surface area contributed by atoms with Crippen LogP contribution in [0.4, 0.5) is 4.39 Å². The van der Waals surface area contributed by atoms with Crippen LogP contribution >= 0.6 is 0 Å². The lowest BCUT2D eigenvalue weighted by molar-refractivity contribution is 0.0985. The van der Waals surface area contributed by atoms with Gasteiger partial charge >= 0.3 is 0 Å². The normalized spacial score (nSPS) is 21.8. The number of pyridine rings is 1. The van der Waals surface area contributed by atoms with Crippen molar-refractivity contribution in [1.29, 1.82) is 0 Å². The van der Waals surface area contributed by atoms with Crippen molar-refractivity contribution in [3.63, 3.8) is 0 Å². The monoisotopic (exact) mass is 251 g/mol. The van der Waals surface area contributed by atoms with Gasteiger partial charge in [-0.05, 0) is 45.3 Å². The highest BCUT2D eigenvalue weighted by molar-refractivity contribution is 5.21. The second-order valence-electron chi connectivity index (χ2n) is 5.28. The predicted octanol–water partition coefficient (Wildman–Crippen LogP) is 2.49. The Labute approximate surface area is 108 Å². The number of nitrogens with two attached hydrogens (primary N) is 1. The minimum atomic E-state index is -0.316. The molecule has 1 saturated heterocycles. The molecule has 4 heteroatoms. The van der Waals surface area contributed by atoms with E-state index in [1.807, 2.05) is 0 Å². The second-order valence-corrected chi connectivity index (χ2v) is 5.28. The Morgan fingerprint density at radius 3 is 2.72 bits per heavy atom. The van der Waals surface area contributed by atoms with Crippen molar-refractivity contribution in [2.24, 2.45) is 5.73 Å². The van der Waals surface area contributed by atoms with Gasteiger partial charge in [-0.25, -0.2) is 4.39 Å². The van der Waals surface area contributed by atoms with Gasteiger partial charge in [0.1, 0.15) is 5.82 Å². The largest absolute Gasteiger partial charge is 0.322 e. The van der Waals surface area contributed by atoms with E-state index in [4.69, 9.17) is 5.73 Å². The molecule has 0 amide bonds. The Balaban J connectivity index is 2.29. The molecule has 0 aromatic carbocycles. The van der Waals surface area contributed by atoms with Crippen LogP contribution in [0.15, 0.2) is 18.5 Å². The van der Waals surface area contributed by atoms with Crippen LogP contribution in [0.1, 0.15) is 44.7 Å². The van der Waals surface area contributed by atoms with Crippen molar-refractivity contribution in [3.05, 3.63) is 29.8 Å². The number of nitrogens with zero attached hydrogens (tertiary/aromatic N) is 2. The first-order valence-corrected chi connectivity index (χ1v) is 6.69. The Morgan fingerprint density at radius 2 is 2.17 bits per heavy atom. The Kier molecular flexibility index (Phi) is 3.97. The molecule has 1 fully saturated rings. The van der Waals surface area contributed by atoms with Crippen LogP contribution in [-0.4, -0.2) is 28.5 Å². The van der Waals surface area contributed by atoms with Crippen LogP contribution in [-0.2, 0) is 0 Å². The highest BCUT2D eigenvalue weighted by atomic mass is 19.1. The maximum atomic E-state index is 13.8. The van der Waals surface area contributed by atoms with Crippen molar-refractivity contribution in [2.45, 2.75) is 44.7 Å². The molecule has 0 aliphatic carbocycles. The molecular weight excluding hydrogens is 229 g/mol. The third-order valence-corrected chi connectivity index (χ3v) is 4.35. The zero-order valence-electron chi connectivity index (χ0n) is 11.2. The molecule has 0 bridgehead atoms. The summed E-state index contributed by atoms with van der Waals surface area (Å²) >= 11 is 0. The molecule has 2 N–H and O–H groups in total. The van der Waals surface area contributed by atoms with E-state index in [1.54, 1.807) is 12.3 Å². The zero-order valence-corrected chi connectivity index (χ0v) is 11.2. The molecule has 1 aliphatic rings. The summed E-state index contributed by atoms with van der Waals surface area (Å²) < 4.78 is 13.8. The van der Waals surface area contributed by atoms with Gasteiger partial charge in [0, 0.05) is 17.3 Å². The molecule has 1 aliphatic heterocycles. The van der Waals surface area contributed by atoms with Crippen LogP contribution < -0.4 is 5.73 Å². The molecule has 0 spiro atoms. The Morgan fingerprint density at radius 1 is 1.50 bits per heavy atom. The molecule has 1 aromatic heterocycles. The van der Waals surface area contributed by atoms with Gasteiger partial charge in [-0.1, -0.05) is 6.92 Å². The maximum absolute atomic E-state index is 13.8. The van der Waals surface area contributed by atoms with Crippen molar-refractivity contribution in [1.82, 2.24) is 9.88 Å². The molecule has 0 saturated carbocycles. The first-order valence-electron chi connectivity index (χ1n) is 6.69. The maximum Gasteiger partial charge on any atom is 0.146 e. The minimum absolute atomic E-state index is 0.182. The standard InChI is InChI=1S/C14H22FN3/c1-3-14(2,18-8-4-5-9-18)13(16)11-6-7-17-10-12(11)15/h6-7,10,13H,3-5,8-9,16H2,1-2H3. The van der Waals surface area contributed by atoms with E-state index >= 15 is 0 Å². The van der Waals surface area contributed by atoms with E-state index in [2.05, 4.69) is 23.7 Å². The fourth-order valence-corrected chi connectivity index (χ4v) is 2.84. The summed E-state index contributed by atoms with van der Waals surface area (Å²) in [7, 11) is 0. The van der Waals surface area contributed by atoms with Crippen molar-refractivity contribution in [3.8, 4) is 0 Å². The van der Waals surface area contributed by atoms with Crippen molar-refractivity contribution < 1.29 is 4.39 Å². The summed E-state index contributed by atoms with van der Waals surface area (Å²) in [6, 6.07) is 1.38. The topological polar surface area (TPSA) is 42.1 Å². The molecule has 2 heterocycles. The number of hydrogen-bond acceptors (Lipinski definition) is 3. The number of halogens is 1. The van der Waals surface area contributed by atoms with Crippen molar-refractivity contribution >= 4 is 0 Å². The van der Waals surface area contributed by atoms with E-state index in [1.165, 1.54) is 19.0 Å². The van der Waals surface area contributed by atoms with Gasteiger partial charge in [0.05, 0.1) is 12.2 Å². The average Bonchev–Trinajstić information content (AvgIpc) is 2.92. The highest BCUT2D eigenvalue weighted by Gasteiger charge is 2.39. The molecule has 2 rings (SSSR count). The van der Waals surface area contributed by atoms with Gasteiger partial charge in [-0.3, -0.25) is 9.88 Å². The fraction of sp³-hybridized carbons (Fsp3) is 0.643. The van der Waals surface area contributed by atoms with Crippen molar-refractivity contribution in [2.75, 3.05) is 13.1 Å². The van der Waals surface area contributed by atoms with Gasteiger partial charge in [0.25, 0.3) is 0 Å². The van der Waals surface area contributed by atoms with E-state index in [0.29, 0.717) is 5.56 Å². The Bertz CT molecular complexity index is 404. The first kappa shape index (κ1) is 13.4. The molecule has 100 valence electrons. The smallest absolute Gasteiger partial charge is 0.146 e. The molecule has 1 aromatic rings. The summed E-state index contributed by atoms with van der Waals surface area (Å²) in [5.41, 5.74) is 6.74. The van der Waals surface area contributed by atoms with Crippen LogP contribution in [0.5, 0.6) is 0 Å². The van der Waals surface area contributed by atoms with Gasteiger partial charge in [-0.2, -0.15) is 0 Å². The van der Waals surface area contributed by atoms with E-state index < -0.39 is 0 Å². The number of rotatable bonds is 4. The van der Waals surface area contributed by atoms with Crippen LogP contribution in [0.25, 0.3) is 0 Å². The fourth-order valence-electron chi connectivity index (χ4n) is 2.84. The number of likely N-dealkylation sites (tertiary alicyclic amines) is 1. The van der Waals surface area contributed by atoms with Crippen LogP contribution in [0.3, 0.4) is 0 Å². The average molecular weight is 251 g/mol. The third-order valence-electron chi connectivity index (χ3n) is 4.35. The summed E-state index contributed by atoms with van der Waals surface area (Å²) in [5.74, 6) is -0.302. The molecule has 18 heavy (non-hydrogen) atoms. The summed E-state index contributed by atoms with van der Waals surface area (Å²) in [6.45, 7) is 6.38. The molecule has 3 nitrogen and oxygen atoms in total. The first-order chi connectivity index (χ1) is 8.59. The molecule has 2 atom stereocenters. The second kappa shape index (κ2) is 5.33. The quantitative estimate of drug-likeness (QED) is 0.894. The zero-order chi connectivity index (χ0) is 13.2. The van der Waals surface area contributed by atoms with Gasteiger partial charge in [0.2, 0.25) is 0 Å². The molecular formula is C14H22FN3. The lowest BCUT2D eigenvalue weighted by atomic mass is 9.84. The SMILES string of the molecule is CCC(C)(C(N)c1ccncc1F)N1CCCC1. The number of aromatic nitrogens is 1. The van der Waals surface area contributed by atoms with E-state index in [0.717, 1.165) is 19.5 Å². The predicted molar refractivity (Wildman–Crippen MR) is 70.6 cm³/mol. The summed E-state index contributed by atoms with van der Waals surface area (Å²) in [6.07, 6.45) is 6.19. The minimum Gasteiger partial charge on any atom is -0.322 e. The summed E-state index contributed by atoms with van der Waals surface area (Å²) in [4.78, 5) is 6.19. The highest BCUT2D eigenvalue weighted by Crippen LogP contribution is 2.35. The van der Waals surface area contributed by atoms with Gasteiger partial charge < -0.3 is 5.73 Å².